The molecule has 0 spiro atoms. The molecule has 130 valence electrons. The number of nitrogens with zero attached hydrogens (tertiary/aromatic N) is 1. The molecule has 0 radical (unpaired) electrons. The van der Waals surface area contributed by atoms with E-state index in [1.807, 2.05) is 19.1 Å². The summed E-state index contributed by atoms with van der Waals surface area (Å²) in [6.45, 7) is 1.85. The number of aryl methyl sites for hydroxylation is 1. The molecule has 26 heavy (non-hydrogen) atoms. The number of furan rings is 1. The topological polar surface area (TPSA) is 91.9 Å². The van der Waals surface area contributed by atoms with Crippen molar-refractivity contribution in [3.8, 4) is 11.3 Å². The second kappa shape index (κ2) is 7.48. The average Bonchev–Trinajstić information content (AvgIpc) is 3.11. The molecule has 2 aromatic carbocycles. The summed E-state index contributed by atoms with van der Waals surface area (Å²) in [5.74, 6) is -0.356. The Kier molecular flexibility index (Phi) is 4.94. The number of hydrogen-bond acceptors (Lipinski definition) is 4. The number of hydrogen-bond donors (Lipinski definition) is 2. The van der Waals surface area contributed by atoms with E-state index >= 15 is 0 Å². The number of rotatable bonds is 5. The fourth-order valence-electron chi connectivity index (χ4n) is 2.43. The Morgan fingerprint density at radius 2 is 1.88 bits per heavy atom. The molecule has 0 atom stereocenters. The minimum atomic E-state index is -1.00. The third-order valence-corrected chi connectivity index (χ3v) is 3.77. The smallest absolute Gasteiger partial charge is 0.335 e. The van der Waals surface area contributed by atoms with E-state index in [2.05, 4.69) is 10.5 Å². The first-order valence-corrected chi connectivity index (χ1v) is 7.87. The van der Waals surface area contributed by atoms with Crippen molar-refractivity contribution in [2.24, 2.45) is 5.10 Å². The van der Waals surface area contributed by atoms with Crippen LogP contribution in [0.4, 0.5) is 0 Å². The predicted octanol–water partition coefficient (Wildman–Crippen LogP) is 3.72. The first-order chi connectivity index (χ1) is 12.5. The molecule has 1 heterocycles. The van der Waals surface area contributed by atoms with Gasteiger partial charge in [-0.15, -0.1) is 0 Å². The van der Waals surface area contributed by atoms with Gasteiger partial charge in [-0.25, -0.2) is 10.2 Å². The molecule has 0 saturated carbocycles. The van der Waals surface area contributed by atoms with Crippen LogP contribution in [-0.2, 0) is 0 Å². The first-order valence-electron chi connectivity index (χ1n) is 7.87. The molecule has 6 nitrogen and oxygen atoms in total. The van der Waals surface area contributed by atoms with Crippen molar-refractivity contribution in [1.82, 2.24) is 5.43 Å². The van der Waals surface area contributed by atoms with Crippen LogP contribution in [-0.4, -0.2) is 23.2 Å². The van der Waals surface area contributed by atoms with E-state index < -0.39 is 5.97 Å². The number of hydrazone groups is 1. The zero-order chi connectivity index (χ0) is 18.5. The van der Waals surface area contributed by atoms with Gasteiger partial charge in [0.25, 0.3) is 5.91 Å². The molecule has 6 heteroatoms. The van der Waals surface area contributed by atoms with Gasteiger partial charge < -0.3 is 9.52 Å². The average molecular weight is 348 g/mol. The highest BCUT2D eigenvalue weighted by atomic mass is 16.4. The molecule has 0 unspecified atom stereocenters. The van der Waals surface area contributed by atoms with Gasteiger partial charge in [0.2, 0.25) is 0 Å². The highest BCUT2D eigenvalue weighted by Gasteiger charge is 2.09. The summed E-state index contributed by atoms with van der Waals surface area (Å²) in [5.41, 5.74) is 4.69. The van der Waals surface area contributed by atoms with Crippen LogP contribution in [0.5, 0.6) is 0 Å². The number of carbonyl (C=O) groups is 2. The fourth-order valence-corrected chi connectivity index (χ4v) is 2.43. The standard InChI is InChI=1S/C20H16N2O4/c1-13-5-2-3-8-17(13)19(23)22-21-12-16-9-10-18(26-16)14-6-4-7-15(11-14)20(24)25/h2-12H,1H3,(H,22,23)(H,24,25)/b21-12+. The summed E-state index contributed by atoms with van der Waals surface area (Å²) >= 11 is 0. The quantitative estimate of drug-likeness (QED) is 0.543. The maximum absolute atomic E-state index is 12.1. The molecule has 2 N–H and O–H groups in total. The van der Waals surface area contributed by atoms with Gasteiger partial charge in [0, 0.05) is 11.1 Å². The van der Waals surface area contributed by atoms with Crippen LogP contribution in [0.3, 0.4) is 0 Å². The van der Waals surface area contributed by atoms with Gasteiger partial charge in [-0.2, -0.15) is 5.10 Å². The van der Waals surface area contributed by atoms with Gasteiger partial charge in [0.05, 0.1) is 11.8 Å². The van der Waals surface area contributed by atoms with Crippen LogP contribution in [0.1, 0.15) is 32.0 Å². The highest BCUT2D eigenvalue weighted by Crippen LogP contribution is 2.22. The van der Waals surface area contributed by atoms with Crippen LogP contribution < -0.4 is 5.43 Å². The van der Waals surface area contributed by atoms with Crippen molar-refractivity contribution < 1.29 is 19.1 Å². The van der Waals surface area contributed by atoms with E-state index in [-0.39, 0.29) is 11.5 Å². The Morgan fingerprint density at radius 1 is 1.08 bits per heavy atom. The van der Waals surface area contributed by atoms with Crippen molar-refractivity contribution in [2.75, 3.05) is 0 Å². The van der Waals surface area contributed by atoms with Crippen molar-refractivity contribution in [2.45, 2.75) is 6.92 Å². The maximum atomic E-state index is 12.1. The van der Waals surface area contributed by atoms with Crippen LogP contribution in [0.15, 0.2) is 70.2 Å². The maximum Gasteiger partial charge on any atom is 0.335 e. The van der Waals surface area contributed by atoms with Crippen molar-refractivity contribution in [1.29, 1.82) is 0 Å². The Hall–Kier alpha value is -3.67. The Labute approximate surface area is 149 Å². The summed E-state index contributed by atoms with van der Waals surface area (Å²) in [7, 11) is 0. The second-order valence-corrected chi connectivity index (χ2v) is 5.60. The lowest BCUT2D eigenvalue weighted by atomic mass is 10.1. The third kappa shape index (κ3) is 3.87. The summed E-state index contributed by atoms with van der Waals surface area (Å²) < 4.78 is 5.62. The lowest BCUT2D eigenvalue weighted by Crippen LogP contribution is -2.18. The van der Waals surface area contributed by atoms with Crippen molar-refractivity contribution in [3.05, 3.63) is 83.1 Å². The number of benzene rings is 2. The lowest BCUT2D eigenvalue weighted by Gasteiger charge is -2.02. The Bertz CT molecular complexity index is 989. The molecule has 1 amide bonds. The summed E-state index contributed by atoms with van der Waals surface area (Å²) in [6.07, 6.45) is 1.39. The van der Waals surface area contributed by atoms with E-state index in [9.17, 15) is 9.59 Å². The van der Waals surface area contributed by atoms with Gasteiger partial charge in [0.15, 0.2) is 0 Å². The zero-order valence-corrected chi connectivity index (χ0v) is 14.0. The number of nitrogens with one attached hydrogen (secondary N) is 1. The summed E-state index contributed by atoms with van der Waals surface area (Å²) in [6, 6.07) is 17.1. The molecular formula is C20H16N2O4. The lowest BCUT2D eigenvalue weighted by molar-refractivity contribution is 0.0696. The Balaban J connectivity index is 1.70. The van der Waals surface area contributed by atoms with Crippen LogP contribution in [0.25, 0.3) is 11.3 Å². The first kappa shape index (κ1) is 17.2. The number of aromatic carboxylic acids is 1. The largest absolute Gasteiger partial charge is 0.478 e. The van der Waals surface area contributed by atoms with Crippen LogP contribution in [0.2, 0.25) is 0 Å². The number of carboxylic acids is 1. The molecule has 1 aromatic heterocycles. The molecule has 0 aliphatic rings. The molecule has 3 rings (SSSR count). The van der Waals surface area contributed by atoms with Gasteiger partial charge in [0.1, 0.15) is 11.5 Å². The number of amides is 1. The van der Waals surface area contributed by atoms with E-state index in [0.717, 1.165) is 5.56 Å². The van der Waals surface area contributed by atoms with E-state index in [4.69, 9.17) is 9.52 Å². The molecule has 0 fully saturated rings. The van der Waals surface area contributed by atoms with Crippen LogP contribution in [0, 0.1) is 6.92 Å². The van der Waals surface area contributed by atoms with E-state index in [0.29, 0.717) is 22.6 Å². The fraction of sp³-hybridized carbons (Fsp3) is 0.0500. The molecule has 0 bridgehead atoms. The SMILES string of the molecule is Cc1ccccc1C(=O)N/N=C/c1ccc(-c2cccc(C(=O)O)c2)o1. The minimum absolute atomic E-state index is 0.180. The molecular weight excluding hydrogens is 332 g/mol. The summed E-state index contributed by atoms with van der Waals surface area (Å²) in [4.78, 5) is 23.1. The third-order valence-electron chi connectivity index (χ3n) is 3.77. The minimum Gasteiger partial charge on any atom is -0.478 e. The normalized spacial score (nSPS) is 10.8. The van der Waals surface area contributed by atoms with Gasteiger partial charge >= 0.3 is 5.97 Å². The number of carbonyl (C=O) groups excluding carboxylic acids is 1. The van der Waals surface area contributed by atoms with E-state index in [1.54, 1.807) is 36.4 Å². The molecule has 0 aliphatic carbocycles. The zero-order valence-electron chi connectivity index (χ0n) is 14.0. The number of carboxylic acid groups (broad SMARTS) is 1. The van der Waals surface area contributed by atoms with Gasteiger partial charge in [-0.3, -0.25) is 4.79 Å². The van der Waals surface area contributed by atoms with E-state index in [1.165, 1.54) is 18.3 Å². The second-order valence-electron chi connectivity index (χ2n) is 5.60. The monoisotopic (exact) mass is 348 g/mol. The van der Waals surface area contributed by atoms with Crippen molar-refractivity contribution in [3.63, 3.8) is 0 Å². The molecule has 0 saturated heterocycles. The predicted molar refractivity (Wildman–Crippen MR) is 97.3 cm³/mol. The van der Waals surface area contributed by atoms with Crippen molar-refractivity contribution >= 4 is 18.1 Å². The molecule has 3 aromatic rings. The Morgan fingerprint density at radius 3 is 2.65 bits per heavy atom. The van der Waals surface area contributed by atoms with Crippen LogP contribution >= 0.6 is 0 Å². The highest BCUT2D eigenvalue weighted by molar-refractivity contribution is 5.96. The summed E-state index contributed by atoms with van der Waals surface area (Å²) in [5, 5.41) is 13.0. The van der Waals surface area contributed by atoms with Gasteiger partial charge in [-0.05, 0) is 42.8 Å². The molecule has 0 aliphatic heterocycles. The van der Waals surface area contributed by atoms with Gasteiger partial charge in [-0.1, -0.05) is 30.3 Å².